The molecule has 1 aliphatic rings. The molecular weight excluding hydrogens is 352 g/mol. The maximum atomic E-state index is 11.7. The molecule has 1 fully saturated rings. The minimum atomic E-state index is -0.677. The third-order valence-electron chi connectivity index (χ3n) is 5.76. The number of ether oxygens (including phenoxy) is 1. The number of carbonyl (C=O) groups is 2. The molecule has 0 heterocycles. The second-order valence-corrected chi connectivity index (χ2v) is 8.21. The predicted molar refractivity (Wildman–Crippen MR) is 114 cm³/mol. The molecule has 4 heteroatoms. The van der Waals surface area contributed by atoms with Crippen molar-refractivity contribution in [3.63, 3.8) is 0 Å². The Balaban J connectivity index is 2.19. The van der Waals surface area contributed by atoms with Crippen molar-refractivity contribution in [1.29, 1.82) is 0 Å². The van der Waals surface area contributed by atoms with Crippen LogP contribution in [0.4, 0.5) is 0 Å². The van der Waals surface area contributed by atoms with Gasteiger partial charge in [-0.25, -0.2) is 4.79 Å². The van der Waals surface area contributed by atoms with Gasteiger partial charge in [-0.3, -0.25) is 4.79 Å². The van der Waals surface area contributed by atoms with Crippen LogP contribution in [0, 0.1) is 5.92 Å². The fourth-order valence-corrected chi connectivity index (χ4v) is 3.93. The van der Waals surface area contributed by atoms with Crippen molar-refractivity contribution in [1.82, 2.24) is 0 Å². The zero-order chi connectivity index (χ0) is 20.6. The second kappa shape index (κ2) is 15.7. The van der Waals surface area contributed by atoms with Crippen molar-refractivity contribution in [2.45, 2.75) is 116 Å². The van der Waals surface area contributed by atoms with Crippen molar-refractivity contribution in [2.75, 3.05) is 6.61 Å². The third-order valence-corrected chi connectivity index (χ3v) is 5.76. The number of unbranched alkanes of at least 4 members (excludes halogenated alkanes) is 8. The number of allylic oxidation sites excluding steroid dienone is 1. The number of hydrogen-bond acceptors (Lipinski definition) is 4. The van der Waals surface area contributed by atoms with E-state index in [1.807, 2.05) is 6.92 Å². The standard InChI is InChI=1S/C24H42O4/c1-3-5-7-8-9-11-14-20-17-18-22(25)21(20)15-12-10-13-16-23(26)24(27)28-19-6-4-2/h14,21-22,25H,3-13,15-19H2,1-2H3/t21-,22-/m1/s1. The molecule has 162 valence electrons. The summed E-state index contributed by atoms with van der Waals surface area (Å²) < 4.78 is 4.95. The molecule has 0 spiro atoms. The van der Waals surface area contributed by atoms with Crippen LogP contribution < -0.4 is 0 Å². The van der Waals surface area contributed by atoms with Gasteiger partial charge in [0.1, 0.15) is 0 Å². The molecule has 0 unspecified atom stereocenters. The van der Waals surface area contributed by atoms with E-state index < -0.39 is 11.8 Å². The normalized spacial score (nSPS) is 20.6. The van der Waals surface area contributed by atoms with Gasteiger partial charge in [-0.2, -0.15) is 0 Å². The van der Waals surface area contributed by atoms with Gasteiger partial charge in [0.15, 0.2) is 0 Å². The summed E-state index contributed by atoms with van der Waals surface area (Å²) in [7, 11) is 0. The molecule has 0 amide bonds. The van der Waals surface area contributed by atoms with E-state index in [0.717, 1.165) is 57.8 Å². The van der Waals surface area contributed by atoms with Gasteiger partial charge in [-0.1, -0.05) is 70.4 Å². The molecule has 0 aromatic rings. The lowest BCUT2D eigenvalue weighted by Gasteiger charge is -2.16. The Morgan fingerprint density at radius 2 is 1.71 bits per heavy atom. The van der Waals surface area contributed by atoms with Gasteiger partial charge in [0.05, 0.1) is 12.7 Å². The molecule has 0 saturated heterocycles. The Morgan fingerprint density at radius 1 is 1.00 bits per heavy atom. The van der Waals surface area contributed by atoms with Crippen LogP contribution in [0.3, 0.4) is 0 Å². The summed E-state index contributed by atoms with van der Waals surface area (Å²) in [5, 5.41) is 10.3. The zero-order valence-electron chi connectivity index (χ0n) is 18.2. The number of rotatable bonds is 16. The van der Waals surface area contributed by atoms with E-state index in [1.54, 1.807) is 0 Å². The highest BCUT2D eigenvalue weighted by Crippen LogP contribution is 2.35. The van der Waals surface area contributed by atoms with Crippen molar-refractivity contribution in [2.24, 2.45) is 5.92 Å². The topological polar surface area (TPSA) is 63.6 Å². The summed E-state index contributed by atoms with van der Waals surface area (Å²) in [6.07, 6.45) is 17.4. The van der Waals surface area contributed by atoms with Gasteiger partial charge >= 0.3 is 5.97 Å². The average molecular weight is 395 g/mol. The monoisotopic (exact) mass is 394 g/mol. The van der Waals surface area contributed by atoms with Crippen LogP contribution in [-0.4, -0.2) is 29.6 Å². The summed E-state index contributed by atoms with van der Waals surface area (Å²) in [5.74, 6) is -0.783. The maximum Gasteiger partial charge on any atom is 0.374 e. The molecule has 2 atom stereocenters. The SMILES string of the molecule is CCCCCCCC=C1CC[C@@H](O)[C@@H]1CCCCCC(=O)C(=O)OCCCC. The minimum absolute atomic E-state index is 0.207. The smallest absolute Gasteiger partial charge is 0.374 e. The number of aliphatic hydroxyl groups is 1. The first kappa shape index (κ1) is 24.9. The molecule has 1 N–H and O–H groups in total. The zero-order valence-corrected chi connectivity index (χ0v) is 18.2. The van der Waals surface area contributed by atoms with Crippen LogP contribution in [0.15, 0.2) is 11.6 Å². The molecule has 1 rings (SSSR count). The Kier molecular flexibility index (Phi) is 14.0. The molecule has 0 aromatic heterocycles. The fourth-order valence-electron chi connectivity index (χ4n) is 3.93. The first-order valence-electron chi connectivity index (χ1n) is 11.7. The van der Waals surface area contributed by atoms with E-state index in [-0.39, 0.29) is 12.5 Å². The lowest BCUT2D eigenvalue weighted by atomic mass is 9.92. The highest BCUT2D eigenvalue weighted by atomic mass is 16.5. The van der Waals surface area contributed by atoms with E-state index >= 15 is 0 Å². The minimum Gasteiger partial charge on any atom is -0.460 e. The molecule has 0 radical (unpaired) electrons. The summed E-state index contributed by atoms with van der Waals surface area (Å²) in [6, 6.07) is 0. The summed E-state index contributed by atoms with van der Waals surface area (Å²) in [6.45, 7) is 4.60. The number of Topliss-reactive ketones (excluding diaryl/α,β-unsaturated/α-hetero) is 1. The second-order valence-electron chi connectivity index (χ2n) is 8.21. The van der Waals surface area contributed by atoms with Crippen molar-refractivity contribution in [3.8, 4) is 0 Å². The van der Waals surface area contributed by atoms with Gasteiger partial charge in [-0.15, -0.1) is 0 Å². The lowest BCUT2D eigenvalue weighted by molar-refractivity contribution is -0.154. The lowest BCUT2D eigenvalue weighted by Crippen LogP contribution is -2.18. The van der Waals surface area contributed by atoms with Crippen molar-refractivity contribution in [3.05, 3.63) is 11.6 Å². The summed E-state index contributed by atoms with van der Waals surface area (Å²) in [4.78, 5) is 23.3. The van der Waals surface area contributed by atoms with Crippen LogP contribution >= 0.6 is 0 Å². The number of carbonyl (C=O) groups excluding carboxylic acids is 2. The van der Waals surface area contributed by atoms with Gasteiger partial charge in [0.25, 0.3) is 0 Å². The molecule has 4 nitrogen and oxygen atoms in total. The van der Waals surface area contributed by atoms with E-state index in [0.29, 0.717) is 12.5 Å². The largest absolute Gasteiger partial charge is 0.460 e. The Bertz CT molecular complexity index is 469. The summed E-state index contributed by atoms with van der Waals surface area (Å²) >= 11 is 0. The van der Waals surface area contributed by atoms with E-state index in [9.17, 15) is 14.7 Å². The van der Waals surface area contributed by atoms with Gasteiger partial charge in [0.2, 0.25) is 5.78 Å². The molecule has 28 heavy (non-hydrogen) atoms. The van der Waals surface area contributed by atoms with Crippen LogP contribution in [0.2, 0.25) is 0 Å². The van der Waals surface area contributed by atoms with Gasteiger partial charge in [-0.05, 0) is 44.9 Å². The fraction of sp³-hybridized carbons (Fsp3) is 0.833. The highest BCUT2D eigenvalue weighted by molar-refractivity contribution is 6.33. The summed E-state index contributed by atoms with van der Waals surface area (Å²) in [5.41, 5.74) is 1.44. The quantitative estimate of drug-likeness (QED) is 0.153. The van der Waals surface area contributed by atoms with Crippen LogP contribution in [0.1, 0.15) is 110 Å². The Morgan fingerprint density at radius 3 is 2.46 bits per heavy atom. The molecular formula is C24H42O4. The molecule has 0 aromatic carbocycles. The first-order valence-corrected chi connectivity index (χ1v) is 11.7. The van der Waals surface area contributed by atoms with E-state index in [4.69, 9.17) is 4.74 Å². The number of esters is 1. The molecule has 0 aliphatic heterocycles. The number of aliphatic hydroxyl groups excluding tert-OH is 1. The highest BCUT2D eigenvalue weighted by Gasteiger charge is 2.29. The Labute approximate surface area is 172 Å². The van der Waals surface area contributed by atoms with Gasteiger partial charge in [0, 0.05) is 12.3 Å². The number of ketones is 1. The van der Waals surface area contributed by atoms with Crippen LogP contribution in [-0.2, 0) is 14.3 Å². The van der Waals surface area contributed by atoms with Crippen molar-refractivity contribution < 1.29 is 19.4 Å². The maximum absolute atomic E-state index is 11.7. The number of hydrogen-bond donors (Lipinski definition) is 1. The van der Waals surface area contributed by atoms with Gasteiger partial charge < -0.3 is 9.84 Å². The van der Waals surface area contributed by atoms with E-state index in [2.05, 4.69) is 13.0 Å². The van der Waals surface area contributed by atoms with Crippen molar-refractivity contribution >= 4 is 11.8 Å². The van der Waals surface area contributed by atoms with Crippen LogP contribution in [0.5, 0.6) is 0 Å². The Hall–Kier alpha value is -1.16. The molecule has 1 aliphatic carbocycles. The van der Waals surface area contributed by atoms with Crippen LogP contribution in [0.25, 0.3) is 0 Å². The average Bonchev–Trinajstić information content (AvgIpc) is 3.04. The molecule has 0 bridgehead atoms. The van der Waals surface area contributed by atoms with E-state index in [1.165, 1.54) is 37.7 Å². The molecule has 1 saturated carbocycles. The first-order chi connectivity index (χ1) is 13.6. The third kappa shape index (κ3) is 10.4. The predicted octanol–water partition coefficient (Wildman–Crippen LogP) is 5.91.